The van der Waals surface area contributed by atoms with E-state index in [0.29, 0.717) is 48.2 Å². The van der Waals surface area contributed by atoms with E-state index in [-0.39, 0.29) is 69.5 Å². The first-order valence-electron chi connectivity index (χ1n) is 19.1. The summed E-state index contributed by atoms with van der Waals surface area (Å²) in [6, 6.07) is 2.55. The van der Waals surface area contributed by atoms with Gasteiger partial charge in [-0.3, -0.25) is 4.90 Å². The number of nitrogens with two attached hydrogens (primary N) is 1. The van der Waals surface area contributed by atoms with Crippen molar-refractivity contribution in [3.05, 3.63) is 28.0 Å². The van der Waals surface area contributed by atoms with E-state index in [4.69, 9.17) is 51.7 Å². The van der Waals surface area contributed by atoms with E-state index in [1.807, 2.05) is 4.90 Å². The molecule has 2 aromatic heterocycles. The summed E-state index contributed by atoms with van der Waals surface area (Å²) in [5, 5.41) is 19.9. The van der Waals surface area contributed by atoms with Gasteiger partial charge < -0.3 is 40.1 Å². The Balaban J connectivity index is 1.19. The number of hydrogen-bond donors (Lipinski definition) is 3. The fraction of sp³-hybridized carbons (Fsp3) is 0.641. The third kappa shape index (κ3) is 6.49. The summed E-state index contributed by atoms with van der Waals surface area (Å²) in [6.07, 6.45) is 12.4. The average Bonchev–Trinajstić information content (AvgIpc) is 3.48. The number of benzene rings is 1. The van der Waals surface area contributed by atoms with Gasteiger partial charge in [0.1, 0.15) is 28.0 Å². The van der Waals surface area contributed by atoms with Crippen LogP contribution in [0.2, 0.25) is 5.02 Å². The first-order valence-corrected chi connectivity index (χ1v) is 19.5. The van der Waals surface area contributed by atoms with Crippen LogP contribution in [0.4, 0.5) is 15.9 Å². The van der Waals surface area contributed by atoms with Crippen LogP contribution in [0.15, 0.2) is 6.07 Å². The van der Waals surface area contributed by atoms with Crippen molar-refractivity contribution in [1.82, 2.24) is 19.9 Å². The summed E-state index contributed by atoms with van der Waals surface area (Å²) in [6.45, 7) is 6.86. The number of hydrogen-bond acceptors (Lipinski definition) is 12. The average molecular weight is 752 g/mol. The Kier molecular flexibility index (Phi) is 9.70. The molecule has 3 aliphatic heterocycles. The van der Waals surface area contributed by atoms with E-state index in [1.54, 1.807) is 19.9 Å². The normalized spacial score (nSPS) is 30.6. The van der Waals surface area contributed by atoms with Crippen molar-refractivity contribution < 1.29 is 28.4 Å². The summed E-state index contributed by atoms with van der Waals surface area (Å²) < 4.78 is 41.5. The molecule has 4 N–H and O–H groups in total. The molecular weight excluding hydrogens is 701 g/mol. The van der Waals surface area contributed by atoms with Crippen molar-refractivity contribution in [2.45, 2.75) is 101 Å². The number of aliphatic hydroxyl groups is 1. The topological polar surface area (TPSA) is 152 Å². The number of piperidine rings is 1. The monoisotopic (exact) mass is 751 g/mol. The fourth-order valence-electron chi connectivity index (χ4n) is 9.97. The molecule has 0 radical (unpaired) electrons. The van der Waals surface area contributed by atoms with Crippen molar-refractivity contribution in [3.8, 4) is 23.1 Å². The van der Waals surface area contributed by atoms with Crippen LogP contribution in [0.3, 0.4) is 0 Å². The van der Waals surface area contributed by atoms with Gasteiger partial charge in [-0.15, -0.1) is 0 Å². The Labute approximate surface area is 315 Å². The minimum atomic E-state index is -1.20. The minimum absolute atomic E-state index is 0.0453. The van der Waals surface area contributed by atoms with Crippen LogP contribution in [0.1, 0.15) is 82.3 Å². The molecule has 14 heteroatoms. The lowest BCUT2D eigenvalue weighted by atomic mass is 9.72. The second kappa shape index (κ2) is 14.1. The summed E-state index contributed by atoms with van der Waals surface area (Å²) in [5.74, 6) is -0.331. The summed E-state index contributed by atoms with van der Waals surface area (Å²) >= 11 is 6.54. The number of anilines is 2. The molecule has 1 spiro atoms. The highest BCUT2D eigenvalue weighted by atomic mass is 35.5. The molecular formula is C39H51ClFN7O5. The molecule has 12 nitrogen and oxygen atoms in total. The van der Waals surface area contributed by atoms with Gasteiger partial charge in [0.2, 0.25) is 5.88 Å². The maximum absolute atomic E-state index is 17.2. The number of nitrogen functional groups attached to an aromatic ring is 1. The second-order valence-electron chi connectivity index (χ2n) is 16.2. The number of ether oxygens (including phenoxy) is 4. The Bertz CT molecular complexity index is 1900. The van der Waals surface area contributed by atoms with E-state index >= 15 is 4.39 Å². The van der Waals surface area contributed by atoms with Gasteiger partial charge >= 0.3 is 6.01 Å². The van der Waals surface area contributed by atoms with Gasteiger partial charge in [0.15, 0.2) is 5.82 Å². The van der Waals surface area contributed by atoms with Crippen molar-refractivity contribution >= 4 is 40.2 Å². The maximum atomic E-state index is 17.2. The Morgan fingerprint density at radius 3 is 2.60 bits per heavy atom. The summed E-state index contributed by atoms with van der Waals surface area (Å²) in [7, 11) is 1.45. The van der Waals surface area contributed by atoms with E-state index in [9.17, 15) is 5.11 Å². The molecule has 5 fully saturated rings. The van der Waals surface area contributed by atoms with Crippen molar-refractivity contribution in [3.63, 3.8) is 0 Å². The van der Waals surface area contributed by atoms with Gasteiger partial charge in [-0.1, -0.05) is 18.0 Å². The SMILES string of the molecule is COc1nc(-c2c(C)c(Cl)cc(N)c2C=N)c(F)c2nc(OCC34CCCC3N(C3CCC5(CCO5)CC3)CCC4)nc(N3CCOCC(C)(O)C3)c12. The van der Waals surface area contributed by atoms with E-state index in [1.165, 1.54) is 26.4 Å². The van der Waals surface area contributed by atoms with Crippen molar-refractivity contribution in [1.29, 1.82) is 5.41 Å². The van der Waals surface area contributed by atoms with Gasteiger partial charge in [0.05, 0.1) is 45.7 Å². The van der Waals surface area contributed by atoms with Gasteiger partial charge in [-0.25, -0.2) is 9.37 Å². The van der Waals surface area contributed by atoms with Crippen LogP contribution in [0.5, 0.6) is 11.9 Å². The molecule has 53 heavy (non-hydrogen) atoms. The summed E-state index contributed by atoms with van der Waals surface area (Å²) in [5.41, 5.74) is 6.30. The fourth-order valence-corrected chi connectivity index (χ4v) is 10.2. The van der Waals surface area contributed by atoms with Crippen LogP contribution >= 0.6 is 11.6 Å². The highest BCUT2D eigenvalue weighted by molar-refractivity contribution is 6.32. The third-order valence-electron chi connectivity index (χ3n) is 12.8. The van der Waals surface area contributed by atoms with Crippen LogP contribution < -0.4 is 20.1 Å². The number of methoxy groups -OCH3 is 1. The molecule has 3 atom stereocenters. The molecule has 2 saturated carbocycles. The summed E-state index contributed by atoms with van der Waals surface area (Å²) in [4.78, 5) is 19.0. The molecule has 8 rings (SSSR count). The zero-order valence-corrected chi connectivity index (χ0v) is 31.7. The van der Waals surface area contributed by atoms with Crippen LogP contribution in [-0.4, -0.2) is 108 Å². The van der Waals surface area contributed by atoms with E-state index < -0.39 is 11.4 Å². The number of β-amino-alcohol motifs (C(OH)–C–C–N with tert-alkyl or cyclic N) is 1. The zero-order chi connectivity index (χ0) is 37.1. The van der Waals surface area contributed by atoms with Gasteiger partial charge in [-0.05, 0) is 89.8 Å². The van der Waals surface area contributed by atoms with E-state index in [0.717, 1.165) is 64.3 Å². The zero-order valence-electron chi connectivity index (χ0n) is 31.0. The van der Waals surface area contributed by atoms with Crippen molar-refractivity contribution in [2.75, 3.05) is 63.8 Å². The highest BCUT2D eigenvalue weighted by Crippen LogP contribution is 2.51. The number of aromatic nitrogens is 3. The quantitative estimate of drug-likeness (QED) is 0.181. The molecule has 0 bridgehead atoms. The Morgan fingerprint density at radius 1 is 1.11 bits per heavy atom. The van der Waals surface area contributed by atoms with Crippen molar-refractivity contribution in [2.24, 2.45) is 5.41 Å². The first-order chi connectivity index (χ1) is 25.5. The third-order valence-corrected chi connectivity index (χ3v) is 13.2. The standard InChI is InChI=1S/C39H51ClFN7O5/c1-23-26(40)18-27(43)25(19-42)29(23)32-31(41)33-30(35(44-32)50-3)34(47-15-17-51-21-37(2,49)20-47)46-36(45-33)52-22-38-9-4-6-28(38)48(14-5-10-38)24-7-11-39(12-8-24)13-16-53-39/h18-19,24,28,42,49H,4-17,20-22,43H2,1-3H3. The molecule has 2 aliphatic carbocycles. The molecule has 0 amide bonds. The minimum Gasteiger partial charge on any atom is -0.480 e. The van der Waals surface area contributed by atoms with Crippen LogP contribution in [-0.2, 0) is 9.47 Å². The highest BCUT2D eigenvalue weighted by Gasteiger charge is 2.52. The molecule has 1 aromatic carbocycles. The Morgan fingerprint density at radius 2 is 1.89 bits per heavy atom. The van der Waals surface area contributed by atoms with Crippen LogP contribution in [0.25, 0.3) is 22.2 Å². The Hall–Kier alpha value is -3.36. The molecule has 3 unspecified atom stereocenters. The van der Waals surface area contributed by atoms with Crippen LogP contribution in [0, 0.1) is 23.6 Å². The first kappa shape index (κ1) is 36.6. The molecule has 5 aliphatic rings. The second-order valence-corrected chi connectivity index (χ2v) is 16.6. The maximum Gasteiger partial charge on any atom is 0.319 e. The number of nitrogens with one attached hydrogen (secondary N) is 1. The smallest absolute Gasteiger partial charge is 0.319 e. The number of likely N-dealkylation sites (tertiary alicyclic amines) is 1. The number of fused-ring (bicyclic) bond motifs is 2. The molecule has 3 saturated heterocycles. The molecule has 286 valence electrons. The predicted molar refractivity (Wildman–Crippen MR) is 202 cm³/mol. The predicted octanol–water partition coefficient (Wildman–Crippen LogP) is 6.08. The largest absolute Gasteiger partial charge is 0.480 e. The van der Waals surface area contributed by atoms with Gasteiger partial charge in [0, 0.05) is 52.1 Å². The molecule has 5 heterocycles. The van der Waals surface area contributed by atoms with Gasteiger partial charge in [0.25, 0.3) is 0 Å². The number of pyridine rings is 1. The number of nitrogens with zero attached hydrogens (tertiary/aromatic N) is 5. The number of halogens is 2. The lowest BCUT2D eigenvalue weighted by Crippen LogP contribution is -2.58. The molecule has 3 aromatic rings. The lowest BCUT2D eigenvalue weighted by molar-refractivity contribution is -0.175. The number of rotatable bonds is 8. The van der Waals surface area contributed by atoms with Gasteiger partial charge in [-0.2, -0.15) is 9.97 Å². The van der Waals surface area contributed by atoms with E-state index in [2.05, 4.69) is 9.88 Å². The lowest BCUT2D eigenvalue weighted by Gasteiger charge is -2.53.